The second-order valence-electron chi connectivity index (χ2n) is 20.2. The lowest BCUT2D eigenvalue weighted by atomic mass is 9.98. The first-order valence-corrected chi connectivity index (χ1v) is 25.0. The molecule has 0 bridgehead atoms. The van der Waals surface area contributed by atoms with Gasteiger partial charge in [0.05, 0.1) is 41.4 Å². The van der Waals surface area contributed by atoms with Gasteiger partial charge in [-0.3, -0.25) is 47.3 Å². The van der Waals surface area contributed by atoms with E-state index in [1.165, 1.54) is 10.5 Å². The minimum atomic E-state index is -4.11. The van der Waals surface area contributed by atoms with Crippen LogP contribution in [0.25, 0.3) is 10.9 Å². The zero-order valence-corrected chi connectivity index (χ0v) is 41.9. The van der Waals surface area contributed by atoms with Crippen molar-refractivity contribution in [3.05, 3.63) is 100 Å². The van der Waals surface area contributed by atoms with Gasteiger partial charge in [0.2, 0.25) is 31.3 Å². The molecule has 1 aromatic heterocycles. The van der Waals surface area contributed by atoms with Crippen LogP contribution in [-0.4, -0.2) is 78.4 Å². The van der Waals surface area contributed by atoms with Gasteiger partial charge in [-0.1, -0.05) is 62.4 Å². The fourth-order valence-electron chi connectivity index (χ4n) is 8.06. The molecule has 0 saturated carbocycles. The number of aromatic amines is 1. The number of nitrogens with one attached hydrogen (secondary N) is 3. The highest BCUT2D eigenvalue weighted by Crippen LogP contribution is 2.52. The van der Waals surface area contributed by atoms with E-state index in [-0.39, 0.29) is 44.1 Å². The van der Waals surface area contributed by atoms with Gasteiger partial charge in [0.25, 0.3) is 5.91 Å². The van der Waals surface area contributed by atoms with Crippen molar-refractivity contribution < 1.29 is 56.6 Å². The average Bonchev–Trinajstić information content (AvgIpc) is 3.86. The standard InChI is InChI=1S/C51H66N5O12P/c1-30(2)34-16-13-32(14-17-34)26-64-31(3)38(21-22-43(52)57)54-46(59)42-25-36-12-10-11-35-18-20-40(47(60)56(42)44(35)36)55-45(58)41-24-37-23-33(15-19-39(37)53-41)27-69(63,67-28-65-48(61)50(4,5)6)68-29-66-49(62)51(7,8)9/h10-17,19,23-24,30-31,38,40,42,53H,18,20-22,25-29H2,1-9H3,(H2,52,57)(H,54,59)(H,55,58)/t31-,38+,40+,42+/m1/s1. The molecule has 69 heavy (non-hydrogen) atoms. The van der Waals surface area contributed by atoms with E-state index in [9.17, 15) is 33.3 Å². The minimum Gasteiger partial charge on any atom is -0.438 e. The molecule has 5 N–H and O–H groups in total. The van der Waals surface area contributed by atoms with Gasteiger partial charge in [0, 0.05) is 23.7 Å². The largest absolute Gasteiger partial charge is 0.438 e. The topological polar surface area (TPSA) is 235 Å². The molecule has 3 aromatic carbocycles. The van der Waals surface area contributed by atoms with Crippen LogP contribution in [0.5, 0.6) is 0 Å². The van der Waals surface area contributed by atoms with Gasteiger partial charge in [0.15, 0.2) is 0 Å². The molecule has 4 atom stereocenters. The Morgan fingerprint density at radius 1 is 0.855 bits per heavy atom. The van der Waals surface area contributed by atoms with Crippen LogP contribution in [0.15, 0.2) is 66.7 Å². The van der Waals surface area contributed by atoms with Crippen molar-refractivity contribution in [2.75, 3.05) is 18.5 Å². The van der Waals surface area contributed by atoms with Crippen LogP contribution in [0.3, 0.4) is 0 Å². The normalized spacial score (nSPS) is 17.0. The van der Waals surface area contributed by atoms with Gasteiger partial charge in [-0.2, -0.15) is 0 Å². The molecule has 0 spiro atoms. The number of amides is 4. The molecule has 372 valence electrons. The lowest BCUT2D eigenvalue weighted by Gasteiger charge is -2.31. The second kappa shape index (κ2) is 21.8. The third-order valence-electron chi connectivity index (χ3n) is 12.2. The number of carbonyl (C=O) groups is 6. The molecule has 2 aliphatic heterocycles. The number of hydrogen-bond acceptors (Lipinski definition) is 12. The maximum Gasteiger partial charge on any atom is 0.340 e. The predicted molar refractivity (Wildman–Crippen MR) is 259 cm³/mol. The van der Waals surface area contributed by atoms with Crippen LogP contribution >= 0.6 is 7.60 Å². The smallest absolute Gasteiger partial charge is 0.340 e. The molecule has 0 radical (unpaired) electrons. The molecule has 4 aromatic rings. The number of benzene rings is 3. The highest BCUT2D eigenvalue weighted by molar-refractivity contribution is 7.53. The van der Waals surface area contributed by atoms with E-state index in [4.69, 9.17) is 29.0 Å². The Morgan fingerprint density at radius 3 is 2.09 bits per heavy atom. The van der Waals surface area contributed by atoms with E-state index in [0.717, 1.165) is 16.7 Å². The monoisotopic (exact) mass is 971 g/mol. The van der Waals surface area contributed by atoms with Gasteiger partial charge < -0.3 is 35.6 Å². The molecule has 18 heteroatoms. The first-order chi connectivity index (χ1) is 32.4. The molecule has 17 nitrogen and oxygen atoms in total. The van der Waals surface area contributed by atoms with E-state index in [1.54, 1.807) is 65.8 Å². The number of carbonyl (C=O) groups excluding carboxylic acids is 6. The Morgan fingerprint density at radius 2 is 1.48 bits per heavy atom. The van der Waals surface area contributed by atoms with Crippen molar-refractivity contribution in [3.8, 4) is 0 Å². The number of H-pyrrole nitrogens is 1. The number of nitrogens with zero attached hydrogens (tertiary/aromatic N) is 1. The van der Waals surface area contributed by atoms with Crippen LogP contribution in [-0.2, 0) is 77.4 Å². The number of rotatable bonds is 20. The van der Waals surface area contributed by atoms with Gasteiger partial charge in [-0.05, 0) is 120 Å². The SMILES string of the molecule is CC(C)c1ccc(CO[C@H](C)[C@H](CCC(N)=O)NC(=O)[C@@H]2Cc3cccc4c3N2C(=O)[C@@H](NC(=O)c2cc3cc(CP(=O)(OCOC(=O)C(C)(C)C)OCOC(=O)C(C)(C)C)ccc3[nH]2)CC4)cc1. The van der Waals surface area contributed by atoms with Crippen molar-refractivity contribution in [3.63, 3.8) is 0 Å². The summed E-state index contributed by atoms with van der Waals surface area (Å²) in [5.74, 6) is -2.73. The number of aromatic nitrogens is 1. The zero-order valence-electron chi connectivity index (χ0n) is 41.0. The highest BCUT2D eigenvalue weighted by atomic mass is 31.2. The number of anilines is 1. The van der Waals surface area contributed by atoms with Crippen molar-refractivity contribution >= 4 is 59.8 Å². The molecule has 0 aliphatic carbocycles. The summed E-state index contributed by atoms with van der Waals surface area (Å²) in [6.07, 6.45) is 0.397. The molecular formula is C51H66N5O12P. The summed E-state index contributed by atoms with van der Waals surface area (Å²) in [6, 6.07) is 17.9. The van der Waals surface area contributed by atoms with Crippen molar-refractivity contribution in [1.82, 2.24) is 15.6 Å². The number of primary amides is 1. The highest BCUT2D eigenvalue weighted by Gasteiger charge is 2.45. The lowest BCUT2D eigenvalue weighted by Crippen LogP contribution is -2.56. The van der Waals surface area contributed by atoms with Gasteiger partial charge >= 0.3 is 19.5 Å². The zero-order chi connectivity index (χ0) is 50.4. The fraction of sp³-hybridized carbons (Fsp3) is 0.490. The van der Waals surface area contributed by atoms with Crippen molar-refractivity contribution in [1.29, 1.82) is 0 Å². The van der Waals surface area contributed by atoms with Crippen LogP contribution in [0.4, 0.5) is 5.69 Å². The maximum absolute atomic E-state index is 14.6. The lowest BCUT2D eigenvalue weighted by molar-refractivity contribution is -0.162. The molecule has 4 amide bonds. The molecule has 0 saturated heterocycles. The Bertz CT molecular complexity index is 2560. The fourth-order valence-corrected chi connectivity index (χ4v) is 9.39. The minimum absolute atomic E-state index is 0.0130. The van der Waals surface area contributed by atoms with Crippen molar-refractivity contribution in [2.24, 2.45) is 16.6 Å². The maximum atomic E-state index is 14.6. The van der Waals surface area contributed by atoms with Gasteiger partial charge in [0.1, 0.15) is 17.8 Å². The number of fused-ring (bicyclic) bond motifs is 1. The summed E-state index contributed by atoms with van der Waals surface area (Å²) < 4.78 is 41.7. The molecule has 3 heterocycles. The van der Waals surface area contributed by atoms with E-state index in [1.807, 2.05) is 37.3 Å². The first kappa shape index (κ1) is 52.5. The molecule has 0 fully saturated rings. The number of ether oxygens (including phenoxy) is 3. The Kier molecular flexibility index (Phi) is 16.6. The van der Waals surface area contributed by atoms with Crippen molar-refractivity contribution in [2.45, 2.75) is 137 Å². The predicted octanol–water partition coefficient (Wildman–Crippen LogP) is 7.47. The van der Waals surface area contributed by atoms with Gasteiger partial charge in [-0.25, -0.2) is 0 Å². The summed E-state index contributed by atoms with van der Waals surface area (Å²) in [6.45, 7) is 15.0. The Hall–Kier alpha value is -5.87. The summed E-state index contributed by atoms with van der Waals surface area (Å²) in [7, 11) is -4.11. The van der Waals surface area contributed by atoms with E-state index in [2.05, 4.69) is 41.6 Å². The van der Waals surface area contributed by atoms with Gasteiger partial charge in [-0.15, -0.1) is 0 Å². The Balaban J connectivity index is 1.15. The number of aryl methyl sites for hydroxylation is 1. The molecule has 2 aliphatic rings. The third kappa shape index (κ3) is 13.5. The second-order valence-corrected chi connectivity index (χ2v) is 22.2. The number of para-hydroxylation sites is 1. The number of hydrogen-bond donors (Lipinski definition) is 4. The molecule has 0 unspecified atom stereocenters. The van der Waals surface area contributed by atoms with Crippen LogP contribution in [0.2, 0.25) is 0 Å². The third-order valence-corrected chi connectivity index (χ3v) is 13.9. The van der Waals surface area contributed by atoms with E-state index >= 15 is 0 Å². The van der Waals surface area contributed by atoms with Crippen LogP contribution in [0.1, 0.15) is 126 Å². The average molecular weight is 972 g/mol. The van der Waals surface area contributed by atoms with Crippen LogP contribution in [0, 0.1) is 10.8 Å². The summed E-state index contributed by atoms with van der Waals surface area (Å²) in [5, 5.41) is 6.56. The Labute approximate surface area is 403 Å². The quantitative estimate of drug-likeness (QED) is 0.0384. The summed E-state index contributed by atoms with van der Waals surface area (Å²) in [4.78, 5) is 84.3. The molecular weight excluding hydrogens is 906 g/mol. The summed E-state index contributed by atoms with van der Waals surface area (Å²) in [5.41, 5.74) is 9.56. The van der Waals surface area contributed by atoms with E-state index in [0.29, 0.717) is 34.5 Å². The summed E-state index contributed by atoms with van der Waals surface area (Å²) >= 11 is 0. The molecule has 6 rings (SSSR count). The number of esters is 2. The van der Waals surface area contributed by atoms with E-state index < -0.39 is 91.8 Å². The first-order valence-electron chi connectivity index (χ1n) is 23.3. The number of nitrogens with two attached hydrogens (primary N) is 1. The van der Waals surface area contributed by atoms with Crippen LogP contribution < -0.4 is 21.3 Å².